The SMILES string of the molecule is CCOc1ccc2nc(SC/C=C/c3ccccc3)[nH]c2c1. The summed E-state index contributed by atoms with van der Waals surface area (Å²) in [7, 11) is 0. The molecule has 0 unspecified atom stereocenters. The highest BCUT2D eigenvalue weighted by Crippen LogP contribution is 2.23. The average Bonchev–Trinajstić information content (AvgIpc) is 2.95. The van der Waals surface area contributed by atoms with Gasteiger partial charge < -0.3 is 9.72 Å². The number of ether oxygens (including phenoxy) is 1. The van der Waals surface area contributed by atoms with Gasteiger partial charge in [0.25, 0.3) is 0 Å². The molecular weight excluding hydrogens is 292 g/mol. The molecule has 0 saturated carbocycles. The molecule has 0 aliphatic carbocycles. The number of imidazole rings is 1. The van der Waals surface area contributed by atoms with E-state index in [1.165, 1.54) is 5.56 Å². The molecule has 0 bridgehead atoms. The summed E-state index contributed by atoms with van der Waals surface area (Å²) < 4.78 is 5.50. The van der Waals surface area contributed by atoms with Gasteiger partial charge in [-0.05, 0) is 24.6 Å². The Bertz CT molecular complexity index is 765. The summed E-state index contributed by atoms with van der Waals surface area (Å²) >= 11 is 1.69. The molecule has 0 amide bonds. The van der Waals surface area contributed by atoms with Gasteiger partial charge in [-0.2, -0.15) is 0 Å². The molecule has 1 heterocycles. The Balaban J connectivity index is 1.63. The van der Waals surface area contributed by atoms with Crippen LogP contribution in [0.5, 0.6) is 5.75 Å². The van der Waals surface area contributed by atoms with Crippen LogP contribution in [0.15, 0.2) is 59.8 Å². The molecule has 22 heavy (non-hydrogen) atoms. The van der Waals surface area contributed by atoms with Crippen molar-refractivity contribution in [2.24, 2.45) is 0 Å². The zero-order valence-electron chi connectivity index (χ0n) is 12.5. The summed E-state index contributed by atoms with van der Waals surface area (Å²) in [5.74, 6) is 1.76. The summed E-state index contributed by atoms with van der Waals surface area (Å²) in [6.07, 6.45) is 4.28. The summed E-state index contributed by atoms with van der Waals surface area (Å²) in [6.45, 7) is 2.66. The van der Waals surface area contributed by atoms with Crippen molar-refractivity contribution in [2.45, 2.75) is 12.1 Å². The lowest BCUT2D eigenvalue weighted by atomic mass is 10.2. The number of hydrogen-bond acceptors (Lipinski definition) is 3. The van der Waals surface area contributed by atoms with Gasteiger partial charge in [0, 0.05) is 11.8 Å². The van der Waals surface area contributed by atoms with Gasteiger partial charge in [-0.3, -0.25) is 0 Å². The van der Waals surface area contributed by atoms with Crippen LogP contribution >= 0.6 is 11.8 Å². The van der Waals surface area contributed by atoms with Crippen molar-refractivity contribution >= 4 is 28.9 Å². The van der Waals surface area contributed by atoms with Gasteiger partial charge in [0.15, 0.2) is 5.16 Å². The average molecular weight is 310 g/mol. The highest BCUT2D eigenvalue weighted by Gasteiger charge is 2.04. The smallest absolute Gasteiger partial charge is 0.166 e. The van der Waals surface area contributed by atoms with E-state index >= 15 is 0 Å². The lowest BCUT2D eigenvalue weighted by Gasteiger charge is -2.00. The fourth-order valence-corrected chi connectivity index (χ4v) is 2.86. The number of fused-ring (bicyclic) bond motifs is 1. The van der Waals surface area contributed by atoms with Crippen molar-refractivity contribution in [3.05, 3.63) is 60.2 Å². The van der Waals surface area contributed by atoms with Gasteiger partial charge in [0.05, 0.1) is 17.6 Å². The molecule has 2 aromatic carbocycles. The third-order valence-electron chi connectivity index (χ3n) is 3.17. The predicted molar refractivity (Wildman–Crippen MR) is 93.5 cm³/mol. The van der Waals surface area contributed by atoms with Crippen molar-refractivity contribution in [1.29, 1.82) is 0 Å². The highest BCUT2D eigenvalue weighted by atomic mass is 32.2. The van der Waals surface area contributed by atoms with E-state index in [0.29, 0.717) is 6.61 Å². The first-order chi connectivity index (χ1) is 10.8. The minimum Gasteiger partial charge on any atom is -0.494 e. The maximum Gasteiger partial charge on any atom is 0.166 e. The van der Waals surface area contributed by atoms with Crippen molar-refractivity contribution in [3.63, 3.8) is 0 Å². The molecule has 0 aliphatic heterocycles. The van der Waals surface area contributed by atoms with E-state index in [1.54, 1.807) is 11.8 Å². The van der Waals surface area contributed by atoms with E-state index in [4.69, 9.17) is 4.74 Å². The van der Waals surface area contributed by atoms with Crippen molar-refractivity contribution < 1.29 is 4.74 Å². The zero-order valence-corrected chi connectivity index (χ0v) is 13.3. The highest BCUT2D eigenvalue weighted by molar-refractivity contribution is 7.99. The Labute approximate surface area is 134 Å². The molecule has 112 valence electrons. The fourth-order valence-electron chi connectivity index (χ4n) is 2.17. The normalized spacial score (nSPS) is 11.3. The second-order valence-electron chi connectivity index (χ2n) is 4.78. The maximum atomic E-state index is 5.50. The van der Waals surface area contributed by atoms with Gasteiger partial charge in [0.2, 0.25) is 0 Å². The molecule has 3 aromatic rings. The van der Waals surface area contributed by atoms with E-state index < -0.39 is 0 Å². The minimum absolute atomic E-state index is 0.672. The number of benzene rings is 2. The molecule has 0 aliphatic rings. The Morgan fingerprint density at radius 1 is 1.18 bits per heavy atom. The van der Waals surface area contributed by atoms with Gasteiger partial charge in [-0.15, -0.1) is 0 Å². The van der Waals surface area contributed by atoms with Crippen LogP contribution in [0.2, 0.25) is 0 Å². The Hall–Kier alpha value is -2.20. The second-order valence-corrected chi connectivity index (χ2v) is 5.79. The van der Waals surface area contributed by atoms with Crippen LogP contribution in [-0.4, -0.2) is 22.3 Å². The molecular formula is C18H18N2OS. The summed E-state index contributed by atoms with van der Waals surface area (Å²) in [5, 5.41) is 0.932. The van der Waals surface area contributed by atoms with E-state index in [9.17, 15) is 0 Å². The third-order valence-corrected chi connectivity index (χ3v) is 3.99. The van der Waals surface area contributed by atoms with Crippen molar-refractivity contribution in [3.8, 4) is 5.75 Å². The predicted octanol–water partition coefficient (Wildman–Crippen LogP) is 4.77. The van der Waals surface area contributed by atoms with Gasteiger partial charge >= 0.3 is 0 Å². The number of nitrogens with one attached hydrogen (secondary N) is 1. The first kappa shape index (κ1) is 14.7. The fraction of sp³-hybridized carbons (Fsp3) is 0.167. The maximum absolute atomic E-state index is 5.50. The molecule has 1 aromatic heterocycles. The van der Waals surface area contributed by atoms with E-state index in [2.05, 4.69) is 34.3 Å². The van der Waals surface area contributed by atoms with Gasteiger partial charge in [-0.1, -0.05) is 54.2 Å². The standard InChI is InChI=1S/C18H18N2OS/c1-2-21-15-10-11-16-17(13-15)20-18(19-16)22-12-6-9-14-7-4-3-5-8-14/h3-11,13H,2,12H2,1H3,(H,19,20)/b9-6+. The van der Waals surface area contributed by atoms with Crippen LogP contribution in [0.1, 0.15) is 12.5 Å². The van der Waals surface area contributed by atoms with Crippen molar-refractivity contribution in [1.82, 2.24) is 9.97 Å². The Morgan fingerprint density at radius 2 is 2.05 bits per heavy atom. The first-order valence-corrected chi connectivity index (χ1v) is 8.30. The van der Waals surface area contributed by atoms with Crippen LogP contribution in [-0.2, 0) is 0 Å². The van der Waals surface area contributed by atoms with Crippen LogP contribution < -0.4 is 4.74 Å². The molecule has 3 nitrogen and oxygen atoms in total. The molecule has 0 atom stereocenters. The summed E-state index contributed by atoms with van der Waals surface area (Å²) in [6, 6.07) is 16.2. The minimum atomic E-state index is 0.672. The number of aromatic nitrogens is 2. The number of aromatic amines is 1. The Kier molecular flexibility index (Phi) is 4.81. The number of thioether (sulfide) groups is 1. The number of nitrogens with zero attached hydrogens (tertiary/aromatic N) is 1. The lowest BCUT2D eigenvalue weighted by molar-refractivity contribution is 0.340. The molecule has 1 N–H and O–H groups in total. The summed E-state index contributed by atoms with van der Waals surface area (Å²) in [4.78, 5) is 7.91. The Morgan fingerprint density at radius 3 is 2.86 bits per heavy atom. The first-order valence-electron chi connectivity index (χ1n) is 7.32. The molecule has 0 spiro atoms. The lowest BCUT2D eigenvalue weighted by Crippen LogP contribution is -1.90. The van der Waals surface area contributed by atoms with Crippen LogP contribution in [0.4, 0.5) is 0 Å². The van der Waals surface area contributed by atoms with Gasteiger partial charge in [-0.25, -0.2) is 4.98 Å². The van der Waals surface area contributed by atoms with Gasteiger partial charge in [0.1, 0.15) is 5.75 Å². The number of rotatable bonds is 6. The largest absolute Gasteiger partial charge is 0.494 e. The van der Waals surface area contributed by atoms with E-state index in [1.807, 2.05) is 43.3 Å². The molecule has 0 saturated heterocycles. The van der Waals surface area contributed by atoms with E-state index in [0.717, 1.165) is 27.7 Å². The zero-order chi connectivity index (χ0) is 15.2. The summed E-state index contributed by atoms with van der Waals surface area (Å²) in [5.41, 5.74) is 3.20. The van der Waals surface area contributed by atoms with Crippen LogP contribution in [0.3, 0.4) is 0 Å². The number of H-pyrrole nitrogens is 1. The molecule has 4 heteroatoms. The van der Waals surface area contributed by atoms with Crippen LogP contribution in [0, 0.1) is 0 Å². The van der Waals surface area contributed by atoms with Crippen molar-refractivity contribution in [2.75, 3.05) is 12.4 Å². The second kappa shape index (κ2) is 7.18. The number of hydrogen-bond donors (Lipinski definition) is 1. The monoisotopic (exact) mass is 310 g/mol. The third kappa shape index (κ3) is 3.71. The molecule has 0 fully saturated rings. The topological polar surface area (TPSA) is 37.9 Å². The quantitative estimate of drug-likeness (QED) is 0.667. The van der Waals surface area contributed by atoms with Crippen LogP contribution in [0.25, 0.3) is 17.1 Å². The molecule has 3 rings (SSSR count). The molecule has 0 radical (unpaired) electrons. The van der Waals surface area contributed by atoms with E-state index in [-0.39, 0.29) is 0 Å².